The zero-order valence-electron chi connectivity index (χ0n) is 11.5. The lowest BCUT2D eigenvalue weighted by molar-refractivity contribution is -0.131. The van der Waals surface area contributed by atoms with Crippen LogP contribution in [0.15, 0.2) is 41.1 Å². The highest BCUT2D eigenvalue weighted by Crippen LogP contribution is 2.24. The van der Waals surface area contributed by atoms with Crippen LogP contribution in [0.5, 0.6) is 5.75 Å². The van der Waals surface area contributed by atoms with Gasteiger partial charge in [0.05, 0.1) is 12.8 Å². The maximum Gasteiger partial charge on any atom is 0.328 e. The summed E-state index contributed by atoms with van der Waals surface area (Å²) in [5.74, 6) is -0.337. The Morgan fingerprint density at radius 2 is 2.33 bits per heavy atom. The number of halogens is 1. The zero-order chi connectivity index (χ0) is 15.2. The Morgan fingerprint density at radius 3 is 3.00 bits per heavy atom. The molecular weight excluding hydrogens is 336 g/mol. The third kappa shape index (κ3) is 4.75. The SMILES string of the molecule is Cn1cc(CCOc2ccc(Br)cc2/C=C/C(=O)O)cn1. The maximum absolute atomic E-state index is 10.6. The molecule has 21 heavy (non-hydrogen) atoms. The quantitative estimate of drug-likeness (QED) is 0.813. The van der Waals surface area contributed by atoms with E-state index < -0.39 is 5.97 Å². The molecule has 0 spiro atoms. The van der Waals surface area contributed by atoms with Crippen LogP contribution in [-0.2, 0) is 18.3 Å². The van der Waals surface area contributed by atoms with Crippen molar-refractivity contribution >= 4 is 28.0 Å². The number of carbonyl (C=O) groups is 1. The van der Waals surface area contributed by atoms with E-state index in [0.29, 0.717) is 12.4 Å². The molecule has 0 bridgehead atoms. The normalized spacial score (nSPS) is 11.0. The van der Waals surface area contributed by atoms with Gasteiger partial charge in [-0.3, -0.25) is 4.68 Å². The van der Waals surface area contributed by atoms with E-state index in [1.807, 2.05) is 31.4 Å². The van der Waals surface area contributed by atoms with Gasteiger partial charge in [0.1, 0.15) is 5.75 Å². The highest BCUT2D eigenvalue weighted by Gasteiger charge is 2.04. The summed E-state index contributed by atoms with van der Waals surface area (Å²) in [7, 11) is 1.87. The number of carboxylic acids is 1. The molecule has 110 valence electrons. The molecule has 1 N–H and O–H groups in total. The molecule has 2 rings (SSSR count). The van der Waals surface area contributed by atoms with Gasteiger partial charge in [-0.25, -0.2) is 4.79 Å². The van der Waals surface area contributed by atoms with E-state index in [4.69, 9.17) is 9.84 Å². The molecule has 0 aliphatic carbocycles. The second kappa shape index (κ2) is 7.08. The first-order valence-electron chi connectivity index (χ1n) is 6.35. The Labute approximate surface area is 131 Å². The third-order valence-corrected chi connectivity index (χ3v) is 3.28. The minimum absolute atomic E-state index is 0.501. The molecular formula is C15H15BrN2O3. The minimum Gasteiger partial charge on any atom is -0.493 e. The van der Waals surface area contributed by atoms with E-state index in [0.717, 1.165) is 28.1 Å². The zero-order valence-corrected chi connectivity index (χ0v) is 13.1. The molecule has 0 amide bonds. The molecule has 0 aliphatic rings. The molecule has 0 saturated heterocycles. The molecule has 0 aliphatic heterocycles. The number of nitrogens with zero attached hydrogens (tertiary/aromatic N) is 2. The van der Waals surface area contributed by atoms with E-state index in [9.17, 15) is 4.79 Å². The second-order valence-electron chi connectivity index (χ2n) is 4.47. The van der Waals surface area contributed by atoms with Gasteiger partial charge in [0.25, 0.3) is 0 Å². The first-order valence-corrected chi connectivity index (χ1v) is 7.15. The number of carboxylic acid groups (broad SMARTS) is 1. The van der Waals surface area contributed by atoms with Crippen molar-refractivity contribution in [2.75, 3.05) is 6.61 Å². The number of hydrogen-bond acceptors (Lipinski definition) is 3. The van der Waals surface area contributed by atoms with Gasteiger partial charge in [0.15, 0.2) is 0 Å². The van der Waals surface area contributed by atoms with Crippen LogP contribution < -0.4 is 4.74 Å². The van der Waals surface area contributed by atoms with Crippen LogP contribution in [0.1, 0.15) is 11.1 Å². The average Bonchev–Trinajstić information content (AvgIpc) is 2.84. The van der Waals surface area contributed by atoms with Gasteiger partial charge in [-0.2, -0.15) is 5.10 Å². The predicted molar refractivity (Wildman–Crippen MR) is 83.2 cm³/mol. The van der Waals surface area contributed by atoms with Crippen molar-refractivity contribution in [1.82, 2.24) is 9.78 Å². The summed E-state index contributed by atoms with van der Waals surface area (Å²) >= 11 is 3.36. The molecule has 1 heterocycles. The van der Waals surface area contributed by atoms with Crippen LogP contribution in [0.2, 0.25) is 0 Å². The lowest BCUT2D eigenvalue weighted by Crippen LogP contribution is -2.02. The number of rotatable bonds is 6. The van der Waals surface area contributed by atoms with Crippen molar-refractivity contribution < 1.29 is 14.6 Å². The molecule has 1 aromatic carbocycles. The van der Waals surface area contributed by atoms with Crippen molar-refractivity contribution in [3.63, 3.8) is 0 Å². The molecule has 6 heteroatoms. The van der Waals surface area contributed by atoms with E-state index in [1.165, 1.54) is 6.08 Å². The number of ether oxygens (including phenoxy) is 1. The summed E-state index contributed by atoms with van der Waals surface area (Å²) in [6.45, 7) is 0.501. The Bertz CT molecular complexity index is 665. The van der Waals surface area contributed by atoms with Crippen LogP contribution in [0, 0.1) is 0 Å². The highest BCUT2D eigenvalue weighted by atomic mass is 79.9. The summed E-state index contributed by atoms with van der Waals surface area (Å²) in [5.41, 5.74) is 1.82. The number of hydrogen-bond donors (Lipinski definition) is 1. The van der Waals surface area contributed by atoms with E-state index in [2.05, 4.69) is 21.0 Å². The van der Waals surface area contributed by atoms with Crippen LogP contribution in [0.25, 0.3) is 6.08 Å². The Balaban J connectivity index is 2.03. The standard InChI is InChI=1S/C15H15BrN2O3/c1-18-10-11(9-17-18)6-7-21-14-4-3-13(16)8-12(14)2-5-15(19)20/h2-5,8-10H,6-7H2,1H3,(H,19,20)/b5-2+. The van der Waals surface area contributed by atoms with Crippen LogP contribution in [-0.4, -0.2) is 27.5 Å². The monoisotopic (exact) mass is 350 g/mol. The number of aliphatic carboxylic acids is 1. The Hall–Kier alpha value is -2.08. The Morgan fingerprint density at radius 1 is 1.52 bits per heavy atom. The van der Waals surface area contributed by atoms with Crippen molar-refractivity contribution in [2.45, 2.75) is 6.42 Å². The number of aryl methyl sites for hydroxylation is 1. The summed E-state index contributed by atoms with van der Waals surface area (Å²) < 4.78 is 8.35. The fourth-order valence-electron chi connectivity index (χ4n) is 1.82. The predicted octanol–water partition coefficient (Wildman–Crippen LogP) is 2.90. The van der Waals surface area contributed by atoms with Crippen LogP contribution in [0.3, 0.4) is 0 Å². The fourth-order valence-corrected chi connectivity index (χ4v) is 2.20. The minimum atomic E-state index is -0.990. The van der Waals surface area contributed by atoms with E-state index in [-0.39, 0.29) is 0 Å². The van der Waals surface area contributed by atoms with Crippen molar-refractivity contribution in [2.24, 2.45) is 7.05 Å². The van der Waals surface area contributed by atoms with Crippen molar-refractivity contribution in [3.8, 4) is 5.75 Å². The molecule has 0 atom stereocenters. The summed E-state index contributed by atoms with van der Waals surface area (Å²) in [6.07, 6.45) is 7.10. The second-order valence-corrected chi connectivity index (χ2v) is 5.39. The molecule has 0 unspecified atom stereocenters. The van der Waals surface area contributed by atoms with E-state index in [1.54, 1.807) is 10.9 Å². The molecule has 1 aromatic heterocycles. The maximum atomic E-state index is 10.6. The van der Waals surface area contributed by atoms with E-state index >= 15 is 0 Å². The first-order chi connectivity index (χ1) is 10.0. The summed E-state index contributed by atoms with van der Waals surface area (Å²) in [5, 5.41) is 12.8. The third-order valence-electron chi connectivity index (χ3n) is 2.78. The van der Waals surface area contributed by atoms with Crippen molar-refractivity contribution in [1.29, 1.82) is 0 Å². The summed E-state index contributed by atoms with van der Waals surface area (Å²) in [4.78, 5) is 10.6. The molecule has 0 radical (unpaired) electrons. The smallest absolute Gasteiger partial charge is 0.328 e. The molecule has 0 saturated carbocycles. The highest BCUT2D eigenvalue weighted by molar-refractivity contribution is 9.10. The first kappa shape index (κ1) is 15.3. The van der Waals surface area contributed by atoms with Crippen molar-refractivity contribution in [3.05, 3.63) is 52.3 Å². The van der Waals surface area contributed by atoms with Gasteiger partial charge < -0.3 is 9.84 Å². The molecule has 5 nitrogen and oxygen atoms in total. The average molecular weight is 351 g/mol. The Kier molecular flexibility index (Phi) is 5.16. The van der Waals surface area contributed by atoms with Gasteiger partial charge in [-0.15, -0.1) is 0 Å². The fraction of sp³-hybridized carbons (Fsp3) is 0.200. The van der Waals surface area contributed by atoms with Crippen LogP contribution >= 0.6 is 15.9 Å². The lowest BCUT2D eigenvalue weighted by atomic mass is 10.2. The number of aromatic nitrogens is 2. The number of benzene rings is 1. The largest absolute Gasteiger partial charge is 0.493 e. The molecule has 0 fully saturated rings. The molecule has 2 aromatic rings. The summed E-state index contributed by atoms with van der Waals surface area (Å²) in [6, 6.07) is 5.49. The van der Waals surface area contributed by atoms with Gasteiger partial charge in [0.2, 0.25) is 0 Å². The van der Waals surface area contributed by atoms with Gasteiger partial charge >= 0.3 is 5.97 Å². The van der Waals surface area contributed by atoms with Gasteiger partial charge in [-0.05, 0) is 29.8 Å². The topological polar surface area (TPSA) is 64.3 Å². The van der Waals surface area contributed by atoms with Gasteiger partial charge in [0, 0.05) is 35.8 Å². The van der Waals surface area contributed by atoms with Crippen LogP contribution in [0.4, 0.5) is 0 Å². The lowest BCUT2D eigenvalue weighted by Gasteiger charge is -2.09. The van der Waals surface area contributed by atoms with Gasteiger partial charge in [-0.1, -0.05) is 15.9 Å².